The number of hydrogen-bond donors (Lipinski definition) is 1. The second-order valence-corrected chi connectivity index (χ2v) is 9.81. The van der Waals surface area contributed by atoms with E-state index >= 15 is 4.39 Å². The topological polar surface area (TPSA) is 83.1 Å². The highest BCUT2D eigenvalue weighted by Crippen LogP contribution is 2.43. The molecule has 0 radical (unpaired) electrons. The van der Waals surface area contributed by atoms with E-state index in [1.165, 1.54) is 12.1 Å². The molecule has 0 saturated carbocycles. The van der Waals surface area contributed by atoms with Crippen LogP contribution in [0, 0.1) is 0 Å². The van der Waals surface area contributed by atoms with Gasteiger partial charge in [0.15, 0.2) is 0 Å². The van der Waals surface area contributed by atoms with Crippen molar-refractivity contribution in [1.29, 1.82) is 0 Å². The molecule has 9 heteroatoms. The molecule has 1 fully saturated rings. The monoisotopic (exact) mass is 539 g/mol. The van der Waals surface area contributed by atoms with Crippen LogP contribution in [-0.4, -0.2) is 31.5 Å². The summed E-state index contributed by atoms with van der Waals surface area (Å²) in [6.07, 6.45) is 3.33. The fraction of sp³-hybridized carbons (Fsp3) is 0.310. The molecule has 1 heterocycles. The fourth-order valence-electron chi connectivity index (χ4n) is 3.93. The van der Waals surface area contributed by atoms with Crippen molar-refractivity contribution in [2.45, 2.75) is 37.6 Å². The lowest BCUT2D eigenvalue weighted by molar-refractivity contribution is -0.126. The summed E-state index contributed by atoms with van der Waals surface area (Å²) in [5.74, 6) is 2.55. The normalized spacial score (nSPS) is 16.7. The number of methoxy groups -OCH3 is 1. The molecule has 0 bridgehead atoms. The Labute approximate surface area is 225 Å². The van der Waals surface area contributed by atoms with Crippen LogP contribution < -0.4 is 24.3 Å². The lowest BCUT2D eigenvalue weighted by Crippen LogP contribution is -2.30. The van der Waals surface area contributed by atoms with Gasteiger partial charge in [0.1, 0.15) is 28.7 Å². The number of ether oxygens (including phenoxy) is 4. The first kappa shape index (κ1) is 27.3. The van der Waals surface area contributed by atoms with E-state index in [0.29, 0.717) is 30.7 Å². The van der Waals surface area contributed by atoms with Gasteiger partial charge in [0.2, 0.25) is 0 Å². The summed E-state index contributed by atoms with van der Waals surface area (Å²) >= 11 is 0.327. The number of aryl methyl sites for hydroxylation is 1. The third-order valence-electron chi connectivity index (χ3n) is 5.86. The molecule has 0 aromatic heterocycles. The van der Waals surface area contributed by atoms with Crippen molar-refractivity contribution < 1.29 is 32.9 Å². The molecule has 0 aliphatic carbocycles. The predicted octanol–water partition coefficient (Wildman–Crippen LogP) is 6.78. The summed E-state index contributed by atoms with van der Waals surface area (Å²) < 4.78 is 38.0. The van der Waals surface area contributed by atoms with E-state index < -0.39 is 16.1 Å². The van der Waals surface area contributed by atoms with E-state index in [2.05, 4.69) is 6.92 Å². The number of nitrogens with one attached hydrogen (secondary N) is 1. The number of amides is 2. The fourth-order valence-corrected chi connectivity index (χ4v) is 4.72. The number of carbonyl (C=O) groups excluding carboxylic acids is 2. The summed E-state index contributed by atoms with van der Waals surface area (Å²) in [6.45, 7) is 3.04. The van der Waals surface area contributed by atoms with Crippen molar-refractivity contribution in [2.75, 3.05) is 20.3 Å². The maximum absolute atomic E-state index is 15.0. The molecular weight excluding hydrogens is 509 g/mol. The number of halogens is 1. The van der Waals surface area contributed by atoms with Crippen LogP contribution in [0.2, 0.25) is 0 Å². The molecule has 1 aliphatic rings. The quantitative estimate of drug-likeness (QED) is 0.240. The summed E-state index contributed by atoms with van der Waals surface area (Å²) in [5.41, 5.74) is 1.16. The molecule has 0 spiro atoms. The van der Waals surface area contributed by atoms with Crippen LogP contribution in [0.3, 0.4) is 0 Å². The average Bonchev–Trinajstić information content (AvgIpc) is 3.19. The third-order valence-corrected chi connectivity index (χ3v) is 6.85. The third kappa shape index (κ3) is 6.77. The van der Waals surface area contributed by atoms with Crippen LogP contribution in [0.25, 0.3) is 0 Å². The lowest BCUT2D eigenvalue weighted by atomic mass is 10.1. The lowest BCUT2D eigenvalue weighted by Gasteiger charge is -2.16. The second kappa shape index (κ2) is 12.7. The Morgan fingerprint density at radius 2 is 1.58 bits per heavy atom. The highest BCUT2D eigenvalue weighted by molar-refractivity contribution is 8.15. The van der Waals surface area contributed by atoms with Gasteiger partial charge in [0.05, 0.1) is 20.3 Å². The van der Waals surface area contributed by atoms with Gasteiger partial charge >= 0.3 is 0 Å². The largest absolute Gasteiger partial charge is 0.497 e. The summed E-state index contributed by atoms with van der Waals surface area (Å²) in [7, 11) is 1.63. The first-order chi connectivity index (χ1) is 18.4. The predicted molar refractivity (Wildman–Crippen MR) is 144 cm³/mol. The van der Waals surface area contributed by atoms with Crippen LogP contribution in [0.4, 0.5) is 9.18 Å². The van der Waals surface area contributed by atoms with Crippen LogP contribution in [0.15, 0.2) is 66.7 Å². The summed E-state index contributed by atoms with van der Waals surface area (Å²) in [6, 6.07) is 19.5. The molecule has 7 nitrogen and oxygen atoms in total. The van der Waals surface area contributed by atoms with Gasteiger partial charge in [-0.25, -0.2) is 4.39 Å². The maximum atomic E-state index is 15.0. The van der Waals surface area contributed by atoms with Crippen LogP contribution in [0.1, 0.15) is 37.3 Å². The van der Waals surface area contributed by atoms with Gasteiger partial charge in [-0.1, -0.05) is 25.5 Å². The Hall–Kier alpha value is -3.72. The minimum Gasteiger partial charge on any atom is -0.497 e. The Kier molecular flexibility index (Phi) is 9.12. The van der Waals surface area contributed by atoms with E-state index in [1.807, 2.05) is 47.8 Å². The molecule has 200 valence electrons. The highest BCUT2D eigenvalue weighted by Gasteiger charge is 2.50. The maximum Gasteiger partial charge on any atom is 0.289 e. The summed E-state index contributed by atoms with van der Waals surface area (Å²) in [4.78, 5) is 23.3. The van der Waals surface area contributed by atoms with Crippen molar-refractivity contribution in [3.05, 3.63) is 77.9 Å². The first-order valence-corrected chi connectivity index (χ1v) is 13.3. The molecule has 4 rings (SSSR count). The molecule has 1 atom stereocenters. The van der Waals surface area contributed by atoms with Crippen molar-refractivity contribution in [3.8, 4) is 28.7 Å². The van der Waals surface area contributed by atoms with Gasteiger partial charge in [0.25, 0.3) is 16.1 Å². The number of thioether (sulfide) groups is 1. The minimum atomic E-state index is -2.43. The molecule has 38 heavy (non-hydrogen) atoms. The molecular formula is C29H30FNO6S. The van der Waals surface area contributed by atoms with Crippen molar-refractivity contribution >= 4 is 22.9 Å². The molecule has 1 aliphatic heterocycles. The van der Waals surface area contributed by atoms with Crippen molar-refractivity contribution in [2.24, 2.45) is 0 Å². The van der Waals surface area contributed by atoms with E-state index in [1.54, 1.807) is 19.2 Å². The number of rotatable bonds is 13. The molecule has 3 aromatic carbocycles. The number of alkyl halides is 1. The number of imide groups is 1. The molecule has 1 N–H and O–H groups in total. The highest BCUT2D eigenvalue weighted by atomic mass is 32.2. The van der Waals surface area contributed by atoms with E-state index in [4.69, 9.17) is 18.9 Å². The van der Waals surface area contributed by atoms with Gasteiger partial charge in [0, 0.05) is 5.56 Å². The zero-order valence-corrected chi connectivity index (χ0v) is 22.1. The molecule has 1 unspecified atom stereocenters. The molecule has 1 saturated heterocycles. The van der Waals surface area contributed by atoms with Gasteiger partial charge in [-0.05, 0) is 91.2 Å². The Bertz CT molecular complexity index is 1270. The van der Waals surface area contributed by atoms with E-state index in [9.17, 15) is 9.59 Å². The zero-order valence-electron chi connectivity index (χ0n) is 21.3. The van der Waals surface area contributed by atoms with Crippen LogP contribution >= 0.6 is 11.8 Å². The number of carbonyl (C=O) groups is 2. The van der Waals surface area contributed by atoms with Crippen LogP contribution in [-0.2, 0) is 16.2 Å². The number of unbranched alkanes of at least 4 members (excludes halogenated alkanes) is 1. The SMILES string of the molecule is CCCc1cc(Oc2ccc(OC)cc2)ccc1OCCCCOc1cccc(C2(F)SC(=O)NC2=O)c1. The summed E-state index contributed by atoms with van der Waals surface area (Å²) in [5, 5.41) is -1.16. The first-order valence-electron chi connectivity index (χ1n) is 12.5. The molecule has 2 amide bonds. The van der Waals surface area contributed by atoms with Gasteiger partial charge in [-0.2, -0.15) is 0 Å². The van der Waals surface area contributed by atoms with Gasteiger partial charge < -0.3 is 18.9 Å². The Morgan fingerprint density at radius 1 is 0.868 bits per heavy atom. The zero-order chi connectivity index (χ0) is 27.0. The smallest absolute Gasteiger partial charge is 0.289 e. The standard InChI is InChI=1S/C29H30FNO6S/c1-3-7-20-18-25(37-23-12-10-22(34-2)11-13-23)14-15-26(20)36-17-5-4-16-35-24-9-6-8-21(19-24)29(30)27(32)31-28(33)38-29/h6,8-15,18-19H,3-5,7,16-17H2,1-2H3,(H,31,32,33). The van der Waals surface area contributed by atoms with Crippen molar-refractivity contribution in [3.63, 3.8) is 0 Å². The van der Waals surface area contributed by atoms with Gasteiger partial charge in [-0.3, -0.25) is 14.9 Å². The van der Waals surface area contributed by atoms with Gasteiger partial charge in [-0.15, -0.1) is 0 Å². The van der Waals surface area contributed by atoms with E-state index in [0.717, 1.165) is 54.2 Å². The second-order valence-electron chi connectivity index (χ2n) is 8.67. The minimum absolute atomic E-state index is 0.0783. The number of benzene rings is 3. The average molecular weight is 540 g/mol. The van der Waals surface area contributed by atoms with Crippen LogP contribution in [0.5, 0.6) is 28.7 Å². The van der Waals surface area contributed by atoms with E-state index in [-0.39, 0.29) is 5.56 Å². The number of hydrogen-bond acceptors (Lipinski definition) is 7. The Morgan fingerprint density at radius 3 is 2.26 bits per heavy atom. The molecule has 3 aromatic rings. The Balaban J connectivity index is 1.25. The van der Waals surface area contributed by atoms with Crippen molar-refractivity contribution in [1.82, 2.24) is 5.32 Å².